The topological polar surface area (TPSA) is 80.6 Å². The lowest BCUT2D eigenvalue weighted by Gasteiger charge is -2.27. The third-order valence-electron chi connectivity index (χ3n) is 5.32. The van der Waals surface area contributed by atoms with Crippen LogP contribution in [-0.4, -0.2) is 30.1 Å². The van der Waals surface area contributed by atoms with E-state index in [1.807, 2.05) is 88.4 Å². The molecule has 6 nitrogen and oxygen atoms in total. The van der Waals surface area contributed by atoms with Gasteiger partial charge >= 0.3 is 5.97 Å². The van der Waals surface area contributed by atoms with Crippen LogP contribution >= 0.6 is 0 Å². The Hall–Kier alpha value is -3.64. The average molecular weight is 475 g/mol. The highest BCUT2D eigenvalue weighted by Gasteiger charge is 2.31. The van der Waals surface area contributed by atoms with Gasteiger partial charge in [0.1, 0.15) is 11.4 Å². The van der Waals surface area contributed by atoms with E-state index in [0.29, 0.717) is 24.4 Å². The van der Waals surface area contributed by atoms with Crippen molar-refractivity contribution in [2.75, 3.05) is 11.9 Å². The first-order valence-corrected chi connectivity index (χ1v) is 11.8. The number of rotatable bonds is 10. The molecule has 1 amide bonds. The van der Waals surface area contributed by atoms with Crippen molar-refractivity contribution in [3.8, 4) is 0 Å². The molecular weight excluding hydrogens is 440 g/mol. The fourth-order valence-electron chi connectivity index (χ4n) is 3.54. The Morgan fingerprint density at radius 2 is 1.63 bits per heavy atom. The fourth-order valence-corrected chi connectivity index (χ4v) is 3.54. The summed E-state index contributed by atoms with van der Waals surface area (Å²) >= 11 is 0. The van der Waals surface area contributed by atoms with Crippen LogP contribution in [0, 0.1) is 5.92 Å². The van der Waals surface area contributed by atoms with Gasteiger partial charge in [-0.05, 0) is 57.5 Å². The third kappa shape index (κ3) is 8.58. The zero-order valence-electron chi connectivity index (χ0n) is 20.8. The molecule has 1 heterocycles. The number of nitrogens with one attached hydrogen (secondary N) is 2. The minimum atomic E-state index is -0.605. The summed E-state index contributed by atoms with van der Waals surface area (Å²) in [4.78, 5) is 25.6. The predicted octanol–water partition coefficient (Wildman–Crippen LogP) is 5.72. The van der Waals surface area contributed by atoms with Gasteiger partial charge in [0, 0.05) is 24.7 Å². The number of ether oxygens (including phenoxy) is 1. The second-order valence-corrected chi connectivity index (χ2v) is 9.44. The largest absolute Gasteiger partial charge is 0.460 e. The number of esters is 1. The molecule has 0 aliphatic carbocycles. The lowest BCUT2D eigenvalue weighted by atomic mass is 9.95. The summed E-state index contributed by atoms with van der Waals surface area (Å²) in [5.41, 5.74) is 1.19. The van der Waals surface area contributed by atoms with Crippen LogP contribution in [0.2, 0.25) is 0 Å². The molecule has 2 unspecified atom stereocenters. The number of hydrogen-bond donors (Lipinski definition) is 2. The molecule has 0 aliphatic rings. The highest BCUT2D eigenvalue weighted by molar-refractivity contribution is 6.02. The van der Waals surface area contributed by atoms with Crippen LogP contribution in [0.15, 0.2) is 83.3 Å². The molecule has 2 atom stereocenters. The molecule has 6 heteroatoms. The van der Waals surface area contributed by atoms with Gasteiger partial charge in [-0.25, -0.2) is 0 Å². The predicted molar refractivity (Wildman–Crippen MR) is 139 cm³/mol. The van der Waals surface area contributed by atoms with Crippen molar-refractivity contribution >= 4 is 23.6 Å². The number of anilines is 1. The second-order valence-electron chi connectivity index (χ2n) is 9.44. The average Bonchev–Trinajstić information content (AvgIpc) is 3.29. The lowest BCUT2D eigenvalue weighted by Crippen LogP contribution is -2.42. The Labute approximate surface area is 207 Å². The zero-order valence-corrected chi connectivity index (χ0v) is 20.8. The summed E-state index contributed by atoms with van der Waals surface area (Å²) in [6.45, 7) is 8.10. The first-order valence-electron chi connectivity index (χ1n) is 11.8. The SMILES string of the molecule is CC(NC/C=C/c1ccccc1)C(Cc1ccc(C(=O)Nc2ccccc2)o1)C(=O)OC(C)(C)C. The normalized spacial score (nSPS) is 13.4. The maximum atomic E-state index is 13.0. The molecule has 3 aromatic rings. The quantitative estimate of drug-likeness (QED) is 0.367. The summed E-state index contributed by atoms with van der Waals surface area (Å²) in [7, 11) is 0. The molecule has 1 aromatic heterocycles. The maximum absolute atomic E-state index is 13.0. The van der Waals surface area contributed by atoms with E-state index in [1.54, 1.807) is 24.3 Å². The van der Waals surface area contributed by atoms with Gasteiger partial charge in [-0.2, -0.15) is 0 Å². The molecule has 0 fully saturated rings. The standard InChI is InChI=1S/C29H34N2O4/c1-21(30-19-11-14-22-12-7-5-8-13-22)25(28(33)35-29(2,3)4)20-24-17-18-26(34-24)27(32)31-23-15-9-6-10-16-23/h5-18,21,25,30H,19-20H2,1-4H3,(H,31,32)/b14-11+. The molecule has 2 N–H and O–H groups in total. The summed E-state index contributed by atoms with van der Waals surface area (Å²) in [5.74, 6) is -0.397. The van der Waals surface area contributed by atoms with Crippen LogP contribution in [-0.2, 0) is 16.0 Å². The fraction of sp³-hybridized carbons (Fsp3) is 0.310. The van der Waals surface area contributed by atoms with Gasteiger partial charge < -0.3 is 19.8 Å². The van der Waals surface area contributed by atoms with Crippen molar-refractivity contribution in [1.82, 2.24) is 5.32 Å². The van der Waals surface area contributed by atoms with Gasteiger partial charge in [0.2, 0.25) is 0 Å². The van der Waals surface area contributed by atoms with Gasteiger partial charge in [0.25, 0.3) is 5.91 Å². The number of amides is 1. The molecule has 0 spiro atoms. The van der Waals surface area contributed by atoms with Gasteiger partial charge in [0.15, 0.2) is 5.76 Å². The van der Waals surface area contributed by atoms with Crippen molar-refractivity contribution in [2.45, 2.75) is 45.8 Å². The molecule has 184 valence electrons. The second kappa shape index (κ2) is 12.2. The highest BCUT2D eigenvalue weighted by Crippen LogP contribution is 2.21. The molecule has 35 heavy (non-hydrogen) atoms. The van der Waals surface area contributed by atoms with E-state index >= 15 is 0 Å². The van der Waals surface area contributed by atoms with Crippen LogP contribution in [0.1, 0.15) is 49.6 Å². The number of furan rings is 1. The molecule has 0 aliphatic heterocycles. The van der Waals surface area contributed by atoms with E-state index in [-0.39, 0.29) is 23.7 Å². The molecule has 0 radical (unpaired) electrons. The minimum absolute atomic E-state index is 0.183. The Balaban J connectivity index is 1.65. The van der Waals surface area contributed by atoms with Crippen molar-refractivity contribution < 1.29 is 18.7 Å². The smallest absolute Gasteiger partial charge is 0.311 e. The van der Waals surface area contributed by atoms with Crippen molar-refractivity contribution in [1.29, 1.82) is 0 Å². The molecule has 0 saturated carbocycles. The van der Waals surface area contributed by atoms with Crippen molar-refractivity contribution in [3.63, 3.8) is 0 Å². The summed E-state index contributed by atoms with van der Waals surface area (Å²) in [6, 6.07) is 22.4. The molecule has 3 rings (SSSR count). The molecular formula is C29H34N2O4. The van der Waals surface area contributed by atoms with Crippen LogP contribution < -0.4 is 10.6 Å². The third-order valence-corrected chi connectivity index (χ3v) is 5.32. The molecule has 2 aromatic carbocycles. The summed E-state index contributed by atoms with van der Waals surface area (Å²) < 4.78 is 11.5. The van der Waals surface area contributed by atoms with Crippen molar-refractivity contribution in [3.05, 3.63) is 96.0 Å². The number of para-hydroxylation sites is 1. The number of benzene rings is 2. The Kier molecular flexibility index (Phi) is 9.04. The number of carbonyl (C=O) groups excluding carboxylic acids is 2. The van der Waals surface area contributed by atoms with E-state index in [1.165, 1.54) is 0 Å². The van der Waals surface area contributed by atoms with Crippen LogP contribution in [0.3, 0.4) is 0 Å². The molecule has 0 saturated heterocycles. The van der Waals surface area contributed by atoms with Gasteiger partial charge in [-0.3, -0.25) is 9.59 Å². The van der Waals surface area contributed by atoms with Gasteiger partial charge in [-0.15, -0.1) is 0 Å². The maximum Gasteiger partial charge on any atom is 0.311 e. The van der Waals surface area contributed by atoms with Crippen LogP contribution in [0.4, 0.5) is 5.69 Å². The Bertz CT molecular complexity index is 1110. The monoisotopic (exact) mass is 474 g/mol. The van der Waals surface area contributed by atoms with E-state index in [9.17, 15) is 9.59 Å². The van der Waals surface area contributed by atoms with Crippen LogP contribution in [0.25, 0.3) is 6.08 Å². The Morgan fingerprint density at radius 3 is 2.29 bits per heavy atom. The minimum Gasteiger partial charge on any atom is -0.460 e. The number of hydrogen-bond acceptors (Lipinski definition) is 5. The first kappa shape index (κ1) is 26.0. The van der Waals surface area contributed by atoms with E-state index in [0.717, 1.165) is 5.56 Å². The first-order chi connectivity index (χ1) is 16.7. The lowest BCUT2D eigenvalue weighted by molar-refractivity contribution is -0.161. The van der Waals surface area contributed by atoms with E-state index < -0.39 is 11.5 Å². The van der Waals surface area contributed by atoms with Gasteiger partial charge in [0.05, 0.1) is 5.92 Å². The zero-order chi connectivity index (χ0) is 25.3. The molecule has 0 bridgehead atoms. The number of carbonyl (C=O) groups is 2. The summed E-state index contributed by atoms with van der Waals surface area (Å²) in [6.07, 6.45) is 4.37. The highest BCUT2D eigenvalue weighted by atomic mass is 16.6. The van der Waals surface area contributed by atoms with Gasteiger partial charge in [-0.1, -0.05) is 60.7 Å². The van der Waals surface area contributed by atoms with E-state index in [4.69, 9.17) is 9.15 Å². The summed E-state index contributed by atoms with van der Waals surface area (Å²) in [5, 5.41) is 6.20. The Morgan fingerprint density at radius 1 is 0.971 bits per heavy atom. The van der Waals surface area contributed by atoms with Crippen LogP contribution in [0.5, 0.6) is 0 Å². The van der Waals surface area contributed by atoms with E-state index in [2.05, 4.69) is 10.6 Å². The van der Waals surface area contributed by atoms with Crippen molar-refractivity contribution in [2.24, 2.45) is 5.92 Å².